The average molecular weight is 162 g/mol. The van der Waals surface area contributed by atoms with Crippen molar-refractivity contribution in [2.75, 3.05) is 0 Å². The summed E-state index contributed by atoms with van der Waals surface area (Å²) in [5.74, 6) is 0. The maximum Gasteiger partial charge on any atom is -0.0108 e. The second-order valence-corrected chi connectivity index (χ2v) is 3.43. The second kappa shape index (κ2) is 4.97. The molecule has 0 heteroatoms. The fraction of sp³-hybridized carbons (Fsp3) is 0.500. The van der Waals surface area contributed by atoms with Crippen molar-refractivity contribution in [1.82, 2.24) is 0 Å². The molecule has 1 rings (SSSR count). The minimum Gasteiger partial charge on any atom is -0.0856 e. The number of rotatable bonds is 3. The van der Waals surface area contributed by atoms with Crippen molar-refractivity contribution >= 4 is 0 Å². The predicted octanol–water partition coefficient (Wildman–Crippen LogP) is 4.01. The van der Waals surface area contributed by atoms with Crippen LogP contribution in [0.4, 0.5) is 0 Å². The Bertz CT molecular complexity index is 216. The summed E-state index contributed by atoms with van der Waals surface area (Å²) in [5, 5.41) is 0. The largest absolute Gasteiger partial charge is 0.0856 e. The van der Waals surface area contributed by atoms with Crippen molar-refractivity contribution in [3.8, 4) is 0 Å². The first kappa shape index (κ1) is 9.31. The average Bonchev–Trinajstić information content (AvgIpc) is 2.06. The van der Waals surface area contributed by atoms with E-state index in [4.69, 9.17) is 0 Å². The Balaban J connectivity index is 2.45. The summed E-state index contributed by atoms with van der Waals surface area (Å²) >= 11 is 0. The summed E-state index contributed by atoms with van der Waals surface area (Å²) in [6, 6.07) is 0. The van der Waals surface area contributed by atoms with Gasteiger partial charge in [0.15, 0.2) is 0 Å². The summed E-state index contributed by atoms with van der Waals surface area (Å²) in [4.78, 5) is 0. The van der Waals surface area contributed by atoms with Crippen LogP contribution in [-0.2, 0) is 0 Å². The Kier molecular flexibility index (Phi) is 3.86. The van der Waals surface area contributed by atoms with Gasteiger partial charge in [-0.2, -0.15) is 0 Å². The monoisotopic (exact) mass is 162 g/mol. The van der Waals surface area contributed by atoms with E-state index < -0.39 is 0 Å². The highest BCUT2D eigenvalue weighted by Crippen LogP contribution is 2.19. The fourth-order valence-electron chi connectivity index (χ4n) is 1.58. The van der Waals surface area contributed by atoms with Gasteiger partial charge in [-0.05, 0) is 32.6 Å². The van der Waals surface area contributed by atoms with Crippen LogP contribution < -0.4 is 0 Å². The van der Waals surface area contributed by atoms with Crippen LogP contribution in [0, 0.1) is 0 Å². The molecule has 0 aromatic heterocycles. The van der Waals surface area contributed by atoms with Crippen LogP contribution in [0.3, 0.4) is 0 Å². The molecule has 0 unspecified atom stereocenters. The van der Waals surface area contributed by atoms with Gasteiger partial charge in [-0.1, -0.05) is 42.4 Å². The van der Waals surface area contributed by atoms with Gasteiger partial charge in [0.25, 0.3) is 0 Å². The topological polar surface area (TPSA) is 0 Å². The van der Waals surface area contributed by atoms with E-state index in [1.54, 1.807) is 5.57 Å². The van der Waals surface area contributed by atoms with Gasteiger partial charge < -0.3 is 0 Å². The molecule has 0 saturated carbocycles. The SMILES string of the molecule is CC/C=C(/C)CC1=CC=CCC1. The van der Waals surface area contributed by atoms with E-state index in [-0.39, 0.29) is 0 Å². The third-order valence-electron chi connectivity index (χ3n) is 2.16. The third kappa shape index (κ3) is 3.08. The number of hydrogen-bond donors (Lipinski definition) is 0. The standard InChI is InChI=1S/C12H18/c1-3-7-11(2)10-12-8-5-4-6-9-12/h4-5,7-8H,3,6,9-10H2,1-2H3/b11-7-. The van der Waals surface area contributed by atoms with Crippen LogP contribution in [0.25, 0.3) is 0 Å². The van der Waals surface area contributed by atoms with Crippen LogP contribution in [0.2, 0.25) is 0 Å². The van der Waals surface area contributed by atoms with Gasteiger partial charge in [0.1, 0.15) is 0 Å². The Morgan fingerprint density at radius 2 is 2.42 bits per heavy atom. The Hall–Kier alpha value is -0.780. The maximum absolute atomic E-state index is 2.32. The summed E-state index contributed by atoms with van der Waals surface area (Å²) in [6.07, 6.45) is 13.8. The summed E-state index contributed by atoms with van der Waals surface area (Å²) in [5.41, 5.74) is 3.10. The van der Waals surface area contributed by atoms with Crippen LogP contribution in [0.5, 0.6) is 0 Å². The lowest BCUT2D eigenvalue weighted by Crippen LogP contribution is -1.88. The molecule has 0 saturated heterocycles. The molecule has 0 fully saturated rings. The van der Waals surface area contributed by atoms with E-state index in [0.717, 1.165) is 6.42 Å². The van der Waals surface area contributed by atoms with Crippen LogP contribution in [0.15, 0.2) is 35.5 Å². The van der Waals surface area contributed by atoms with E-state index in [1.807, 2.05) is 0 Å². The van der Waals surface area contributed by atoms with Crippen molar-refractivity contribution in [1.29, 1.82) is 0 Å². The molecule has 0 aliphatic heterocycles. The molecule has 0 N–H and O–H groups in total. The molecule has 0 aromatic carbocycles. The fourth-order valence-corrected chi connectivity index (χ4v) is 1.58. The smallest absolute Gasteiger partial charge is 0.0108 e. The molecule has 0 spiro atoms. The zero-order valence-corrected chi connectivity index (χ0v) is 8.14. The summed E-state index contributed by atoms with van der Waals surface area (Å²) in [7, 11) is 0. The van der Waals surface area contributed by atoms with E-state index in [0.29, 0.717) is 0 Å². The van der Waals surface area contributed by atoms with Gasteiger partial charge in [0.2, 0.25) is 0 Å². The first-order valence-corrected chi connectivity index (χ1v) is 4.83. The molecule has 0 amide bonds. The highest BCUT2D eigenvalue weighted by Gasteiger charge is 1.99. The van der Waals surface area contributed by atoms with Crippen LogP contribution in [0.1, 0.15) is 39.5 Å². The van der Waals surface area contributed by atoms with E-state index in [2.05, 4.69) is 38.2 Å². The van der Waals surface area contributed by atoms with Crippen LogP contribution >= 0.6 is 0 Å². The van der Waals surface area contributed by atoms with Gasteiger partial charge in [0.05, 0.1) is 0 Å². The Morgan fingerprint density at radius 3 is 3.00 bits per heavy atom. The van der Waals surface area contributed by atoms with Crippen molar-refractivity contribution < 1.29 is 0 Å². The van der Waals surface area contributed by atoms with E-state index in [1.165, 1.54) is 24.8 Å². The van der Waals surface area contributed by atoms with Gasteiger partial charge in [-0.3, -0.25) is 0 Å². The molecular weight excluding hydrogens is 144 g/mol. The lowest BCUT2D eigenvalue weighted by atomic mass is 9.98. The molecule has 12 heavy (non-hydrogen) atoms. The second-order valence-electron chi connectivity index (χ2n) is 3.43. The summed E-state index contributed by atoms with van der Waals surface area (Å²) < 4.78 is 0. The van der Waals surface area contributed by atoms with Crippen molar-refractivity contribution in [2.45, 2.75) is 39.5 Å². The number of allylic oxidation sites excluding steroid dienone is 6. The summed E-state index contributed by atoms with van der Waals surface area (Å²) in [6.45, 7) is 4.42. The minimum atomic E-state index is 1.16. The molecule has 0 aromatic rings. The molecular formula is C12H18. The highest BCUT2D eigenvalue weighted by atomic mass is 14.1. The Labute approximate surface area is 75.7 Å². The Morgan fingerprint density at radius 1 is 1.58 bits per heavy atom. The zero-order chi connectivity index (χ0) is 8.81. The van der Waals surface area contributed by atoms with Crippen molar-refractivity contribution in [3.05, 3.63) is 35.5 Å². The zero-order valence-electron chi connectivity index (χ0n) is 8.14. The lowest BCUT2D eigenvalue weighted by molar-refractivity contribution is 0.900. The molecule has 1 aliphatic rings. The molecule has 0 bridgehead atoms. The number of hydrogen-bond acceptors (Lipinski definition) is 0. The minimum absolute atomic E-state index is 1.16. The normalized spacial score (nSPS) is 17.8. The van der Waals surface area contributed by atoms with E-state index in [9.17, 15) is 0 Å². The van der Waals surface area contributed by atoms with Gasteiger partial charge in [-0.25, -0.2) is 0 Å². The molecule has 0 atom stereocenters. The predicted molar refractivity (Wildman–Crippen MR) is 55.1 cm³/mol. The molecule has 0 radical (unpaired) electrons. The first-order chi connectivity index (χ1) is 5.83. The van der Waals surface area contributed by atoms with Crippen molar-refractivity contribution in [3.63, 3.8) is 0 Å². The van der Waals surface area contributed by atoms with Crippen LogP contribution in [-0.4, -0.2) is 0 Å². The molecule has 0 nitrogen and oxygen atoms in total. The van der Waals surface area contributed by atoms with Crippen molar-refractivity contribution in [2.24, 2.45) is 0 Å². The van der Waals surface area contributed by atoms with Gasteiger partial charge >= 0.3 is 0 Å². The van der Waals surface area contributed by atoms with E-state index >= 15 is 0 Å². The quantitative estimate of drug-likeness (QED) is 0.550. The van der Waals surface area contributed by atoms with Gasteiger partial charge in [0, 0.05) is 0 Å². The molecule has 0 heterocycles. The highest BCUT2D eigenvalue weighted by molar-refractivity contribution is 5.22. The van der Waals surface area contributed by atoms with Gasteiger partial charge in [-0.15, -0.1) is 0 Å². The lowest BCUT2D eigenvalue weighted by Gasteiger charge is -2.08. The maximum atomic E-state index is 2.32. The third-order valence-corrected chi connectivity index (χ3v) is 2.16. The molecule has 66 valence electrons. The molecule has 1 aliphatic carbocycles. The first-order valence-electron chi connectivity index (χ1n) is 4.83.